The minimum Gasteiger partial charge on any atom is -0.486 e. The van der Waals surface area contributed by atoms with Crippen LogP contribution in [0.1, 0.15) is 43.6 Å². The number of halogens is 3. The second kappa shape index (κ2) is 13.2. The summed E-state index contributed by atoms with van der Waals surface area (Å²) in [5, 5.41) is 4.87. The van der Waals surface area contributed by atoms with Crippen LogP contribution in [0, 0.1) is 13.8 Å². The first-order valence-electron chi connectivity index (χ1n) is 12.9. The highest BCUT2D eigenvalue weighted by molar-refractivity contribution is 6.36. The van der Waals surface area contributed by atoms with Crippen LogP contribution in [0.15, 0.2) is 94.4 Å². The minimum atomic E-state index is -0.699. The number of ether oxygens (including phenoxy) is 2. The summed E-state index contributed by atoms with van der Waals surface area (Å²) < 4.78 is 19.1. The van der Waals surface area contributed by atoms with Gasteiger partial charge in [-0.1, -0.05) is 34.8 Å². The number of nitrogens with one attached hydrogen (secondary N) is 1. The molecule has 5 aromatic rings. The molecule has 5 rings (SSSR count). The maximum atomic E-state index is 12.7. The highest BCUT2D eigenvalue weighted by Gasteiger charge is 2.16. The van der Waals surface area contributed by atoms with Gasteiger partial charge in [-0.25, -0.2) is 10.2 Å². The molecule has 8 nitrogen and oxygen atoms in total. The molecule has 1 N–H and O–H groups in total. The maximum absolute atomic E-state index is 12.7. The Balaban J connectivity index is 1.18. The van der Waals surface area contributed by atoms with Crippen molar-refractivity contribution in [3.63, 3.8) is 0 Å². The summed E-state index contributed by atoms with van der Waals surface area (Å²) in [6, 6.07) is 24.0. The summed E-state index contributed by atoms with van der Waals surface area (Å²) in [6.07, 6.45) is 1.29. The molecular formula is C32H24Cl3N3O5. The van der Waals surface area contributed by atoms with E-state index in [0.717, 1.165) is 17.1 Å². The molecule has 0 aliphatic heterocycles. The highest BCUT2D eigenvalue weighted by Crippen LogP contribution is 2.26. The molecule has 218 valence electrons. The first-order chi connectivity index (χ1) is 20.7. The molecule has 2 aromatic heterocycles. The lowest BCUT2D eigenvalue weighted by Crippen LogP contribution is -2.17. The van der Waals surface area contributed by atoms with Crippen molar-refractivity contribution in [1.29, 1.82) is 0 Å². The minimum absolute atomic E-state index is 0.0415. The van der Waals surface area contributed by atoms with Gasteiger partial charge in [0.25, 0.3) is 0 Å². The number of hydrogen-bond donors (Lipinski definition) is 1. The number of carbonyl (C=O) groups is 2. The van der Waals surface area contributed by atoms with Gasteiger partial charge in [-0.2, -0.15) is 5.10 Å². The number of furan rings is 1. The Morgan fingerprint density at radius 3 is 2.30 bits per heavy atom. The summed E-state index contributed by atoms with van der Waals surface area (Å²) in [6.45, 7) is 4.24. The van der Waals surface area contributed by atoms with Crippen LogP contribution in [-0.4, -0.2) is 22.7 Å². The van der Waals surface area contributed by atoms with E-state index >= 15 is 0 Å². The molecule has 0 aliphatic rings. The van der Waals surface area contributed by atoms with Crippen molar-refractivity contribution in [2.75, 3.05) is 0 Å². The van der Waals surface area contributed by atoms with E-state index in [1.807, 2.05) is 24.3 Å². The largest absolute Gasteiger partial charge is 0.486 e. The van der Waals surface area contributed by atoms with E-state index < -0.39 is 11.9 Å². The molecule has 3 aromatic carbocycles. The zero-order chi connectivity index (χ0) is 30.5. The van der Waals surface area contributed by atoms with Gasteiger partial charge in [-0.05, 0) is 98.8 Å². The third-order valence-electron chi connectivity index (χ3n) is 6.33. The van der Waals surface area contributed by atoms with Crippen LogP contribution in [0.3, 0.4) is 0 Å². The Bertz CT molecular complexity index is 1810. The number of hydrogen-bond acceptors (Lipinski definition) is 6. The first-order valence-corrected chi connectivity index (χ1v) is 14.1. The predicted molar refractivity (Wildman–Crippen MR) is 166 cm³/mol. The number of aromatic nitrogens is 1. The standard InChI is InChI=1S/C32H24Cl3N3O5/c1-19-3-4-20(2)38(19)24-7-9-25(10-8-24)41-18-26-11-14-30(42-26)31(39)37-36-17-21-15-22(33)6-13-29(21)43-32(40)27-12-5-23(34)16-28(27)35/h3-17H,18H2,1-2H3,(H,37,39)/b36-17+. The Hall–Kier alpha value is -4.50. The summed E-state index contributed by atoms with van der Waals surface area (Å²) >= 11 is 18.1. The van der Waals surface area contributed by atoms with Crippen LogP contribution in [0.4, 0.5) is 0 Å². The Labute approximate surface area is 262 Å². The van der Waals surface area contributed by atoms with Crippen LogP contribution in [0.2, 0.25) is 15.1 Å². The van der Waals surface area contributed by atoms with Crippen LogP contribution in [0.5, 0.6) is 11.5 Å². The third kappa shape index (κ3) is 7.29. The van der Waals surface area contributed by atoms with Gasteiger partial charge >= 0.3 is 11.9 Å². The van der Waals surface area contributed by atoms with E-state index in [1.165, 1.54) is 42.6 Å². The van der Waals surface area contributed by atoms with Gasteiger partial charge in [0.2, 0.25) is 0 Å². The fraction of sp³-hybridized carbons (Fsp3) is 0.0938. The highest BCUT2D eigenvalue weighted by atomic mass is 35.5. The van der Waals surface area contributed by atoms with E-state index in [9.17, 15) is 9.59 Å². The van der Waals surface area contributed by atoms with Crippen LogP contribution in [0.25, 0.3) is 5.69 Å². The second-order valence-electron chi connectivity index (χ2n) is 9.40. The Morgan fingerprint density at radius 2 is 1.58 bits per heavy atom. The van der Waals surface area contributed by atoms with Gasteiger partial charge in [0.1, 0.15) is 23.9 Å². The molecule has 0 saturated carbocycles. The number of rotatable bonds is 9. The average molecular weight is 637 g/mol. The molecule has 0 atom stereocenters. The summed E-state index contributed by atoms with van der Waals surface area (Å²) in [5.74, 6) is 0.0324. The number of hydrazone groups is 1. The van der Waals surface area contributed by atoms with Crippen LogP contribution < -0.4 is 14.9 Å². The zero-order valence-corrected chi connectivity index (χ0v) is 25.2. The molecule has 0 fully saturated rings. The smallest absolute Gasteiger partial charge is 0.345 e. The summed E-state index contributed by atoms with van der Waals surface area (Å²) in [5.41, 5.74) is 6.19. The summed E-state index contributed by atoms with van der Waals surface area (Å²) in [7, 11) is 0. The van der Waals surface area contributed by atoms with Crippen molar-refractivity contribution in [1.82, 2.24) is 9.99 Å². The average Bonchev–Trinajstić information content (AvgIpc) is 3.59. The summed E-state index contributed by atoms with van der Waals surface area (Å²) in [4.78, 5) is 25.3. The van der Waals surface area contributed by atoms with Crippen molar-refractivity contribution in [2.45, 2.75) is 20.5 Å². The number of nitrogens with zero attached hydrogens (tertiary/aromatic N) is 2. The number of esters is 1. The lowest BCUT2D eigenvalue weighted by Gasteiger charge is -2.10. The van der Waals surface area contributed by atoms with E-state index in [4.69, 9.17) is 48.7 Å². The normalized spacial score (nSPS) is 11.1. The SMILES string of the molecule is Cc1ccc(C)n1-c1ccc(OCc2ccc(C(=O)N/N=C/c3cc(Cl)ccc3OC(=O)c3ccc(Cl)cc3Cl)o2)cc1. The Morgan fingerprint density at radius 1 is 0.884 bits per heavy atom. The van der Waals surface area contributed by atoms with E-state index in [1.54, 1.807) is 12.1 Å². The monoisotopic (exact) mass is 635 g/mol. The molecule has 0 saturated heterocycles. The number of carbonyl (C=O) groups excluding carboxylic acids is 2. The van der Waals surface area contributed by atoms with Crippen LogP contribution >= 0.6 is 34.8 Å². The second-order valence-corrected chi connectivity index (χ2v) is 10.7. The zero-order valence-electron chi connectivity index (χ0n) is 22.9. The molecule has 0 radical (unpaired) electrons. The molecule has 1 amide bonds. The molecule has 43 heavy (non-hydrogen) atoms. The predicted octanol–water partition coefficient (Wildman–Crippen LogP) is 8.21. The van der Waals surface area contributed by atoms with Gasteiger partial charge in [-0.3, -0.25) is 4.79 Å². The van der Waals surface area contributed by atoms with Gasteiger partial charge < -0.3 is 18.5 Å². The van der Waals surface area contributed by atoms with Crippen molar-refractivity contribution in [2.24, 2.45) is 5.10 Å². The molecule has 2 heterocycles. The topological polar surface area (TPSA) is 95.1 Å². The lowest BCUT2D eigenvalue weighted by atomic mass is 10.2. The number of benzene rings is 3. The van der Waals surface area contributed by atoms with E-state index in [0.29, 0.717) is 27.1 Å². The lowest BCUT2D eigenvalue weighted by molar-refractivity contribution is 0.0734. The molecule has 0 aliphatic carbocycles. The number of aryl methyl sites for hydroxylation is 2. The molecule has 11 heteroatoms. The molecule has 0 spiro atoms. The van der Waals surface area contributed by atoms with Crippen molar-refractivity contribution < 1.29 is 23.5 Å². The third-order valence-corrected chi connectivity index (χ3v) is 7.11. The molecular weight excluding hydrogens is 613 g/mol. The van der Waals surface area contributed by atoms with Gasteiger partial charge in [0, 0.05) is 32.7 Å². The molecule has 0 unspecified atom stereocenters. The van der Waals surface area contributed by atoms with Gasteiger partial charge in [0.15, 0.2) is 5.76 Å². The van der Waals surface area contributed by atoms with E-state index in [2.05, 4.69) is 41.1 Å². The van der Waals surface area contributed by atoms with Crippen molar-refractivity contribution >= 4 is 52.9 Å². The first kappa shape index (κ1) is 30.0. The fourth-order valence-corrected chi connectivity index (χ4v) is 4.90. The van der Waals surface area contributed by atoms with Crippen LogP contribution in [-0.2, 0) is 6.61 Å². The Kier molecular flexibility index (Phi) is 9.21. The number of amides is 1. The molecule has 0 bridgehead atoms. The van der Waals surface area contributed by atoms with Gasteiger partial charge in [-0.15, -0.1) is 0 Å². The maximum Gasteiger partial charge on any atom is 0.345 e. The van der Waals surface area contributed by atoms with Gasteiger partial charge in [0.05, 0.1) is 16.8 Å². The fourth-order valence-electron chi connectivity index (χ4n) is 4.24. The van der Waals surface area contributed by atoms with Crippen molar-refractivity contribution in [3.8, 4) is 17.2 Å². The quantitative estimate of drug-likeness (QED) is 0.0762. The van der Waals surface area contributed by atoms with E-state index in [-0.39, 0.29) is 28.7 Å². The van der Waals surface area contributed by atoms with Crippen molar-refractivity contribution in [3.05, 3.63) is 134 Å².